The van der Waals surface area contributed by atoms with Crippen LogP contribution in [0, 0.1) is 0 Å². The zero-order chi connectivity index (χ0) is 8.20. The van der Waals surface area contributed by atoms with Crippen molar-refractivity contribution in [3.05, 3.63) is 0 Å². The number of hydrogen-bond donors (Lipinski definition) is 2. The molecule has 0 rings (SSSR count). The van der Waals surface area contributed by atoms with Crippen LogP contribution in [0.4, 0.5) is 0 Å². The van der Waals surface area contributed by atoms with Crippen LogP contribution in [0.3, 0.4) is 0 Å². The highest BCUT2D eigenvalue weighted by molar-refractivity contribution is 6.73. The number of aliphatic carboxylic acids is 1. The Balaban J connectivity index is 3.29. The minimum Gasteiger partial charge on any atom is -0.481 e. The summed E-state index contributed by atoms with van der Waals surface area (Å²) < 4.78 is 0. The molecule has 3 nitrogen and oxygen atoms in total. The first-order valence-corrected chi connectivity index (χ1v) is 6.88. The molecule has 10 heavy (non-hydrogen) atoms. The van der Waals surface area contributed by atoms with Crippen molar-refractivity contribution in [2.45, 2.75) is 26.1 Å². The van der Waals surface area contributed by atoms with Crippen LogP contribution in [-0.4, -0.2) is 25.9 Å². The average Bonchev–Trinajstić information content (AvgIpc) is 1.59. The molecule has 0 heterocycles. The standard InChI is InChI=1S/C6H15NO2Si/c1-10(2,3)7-5-4-6(8)9/h7H,4-5H2,1-3H3,(H,8,9). The summed E-state index contributed by atoms with van der Waals surface area (Å²) in [5, 5.41) is 8.29. The lowest BCUT2D eigenvalue weighted by molar-refractivity contribution is -0.136. The van der Waals surface area contributed by atoms with Gasteiger partial charge in [-0.1, -0.05) is 19.6 Å². The topological polar surface area (TPSA) is 49.3 Å². The molecule has 0 aromatic heterocycles. The van der Waals surface area contributed by atoms with Crippen LogP contribution in [0.25, 0.3) is 0 Å². The molecule has 4 heteroatoms. The van der Waals surface area contributed by atoms with Crippen molar-refractivity contribution in [2.24, 2.45) is 0 Å². The molecule has 0 aromatic carbocycles. The van der Waals surface area contributed by atoms with Crippen molar-refractivity contribution in [1.29, 1.82) is 0 Å². The predicted molar refractivity (Wildman–Crippen MR) is 43.6 cm³/mol. The first-order valence-electron chi connectivity index (χ1n) is 3.38. The van der Waals surface area contributed by atoms with Crippen molar-refractivity contribution in [3.8, 4) is 0 Å². The molecule has 0 aromatic rings. The highest BCUT2D eigenvalue weighted by atomic mass is 28.3. The Morgan fingerprint density at radius 1 is 1.50 bits per heavy atom. The number of nitrogens with one attached hydrogen (secondary N) is 1. The van der Waals surface area contributed by atoms with Gasteiger partial charge in [0.15, 0.2) is 0 Å². The third kappa shape index (κ3) is 7.65. The van der Waals surface area contributed by atoms with Gasteiger partial charge in [-0.25, -0.2) is 0 Å². The van der Waals surface area contributed by atoms with Crippen LogP contribution in [0.2, 0.25) is 19.6 Å². The number of rotatable bonds is 4. The molecule has 0 saturated carbocycles. The summed E-state index contributed by atoms with van der Waals surface area (Å²) in [4.78, 5) is 13.3. The quantitative estimate of drug-likeness (QED) is 0.602. The fourth-order valence-corrected chi connectivity index (χ4v) is 1.42. The van der Waals surface area contributed by atoms with E-state index in [1.165, 1.54) is 0 Å². The molecule has 0 unspecified atom stereocenters. The molecule has 0 atom stereocenters. The van der Waals surface area contributed by atoms with Crippen molar-refractivity contribution >= 4 is 14.2 Å². The van der Waals surface area contributed by atoms with Crippen molar-refractivity contribution in [2.75, 3.05) is 6.54 Å². The molecule has 0 aliphatic rings. The third-order valence-electron chi connectivity index (χ3n) is 0.994. The van der Waals surface area contributed by atoms with E-state index in [1.54, 1.807) is 0 Å². The van der Waals surface area contributed by atoms with Gasteiger partial charge in [-0.15, -0.1) is 0 Å². The summed E-state index contributed by atoms with van der Waals surface area (Å²) >= 11 is 0. The van der Waals surface area contributed by atoms with E-state index in [0.29, 0.717) is 6.54 Å². The second-order valence-corrected chi connectivity index (χ2v) is 8.17. The summed E-state index contributed by atoms with van der Waals surface area (Å²) in [6.07, 6.45) is 0.226. The Hall–Kier alpha value is -0.353. The van der Waals surface area contributed by atoms with E-state index >= 15 is 0 Å². The summed E-state index contributed by atoms with van der Waals surface area (Å²) in [6, 6.07) is 0. The number of carboxylic acid groups (broad SMARTS) is 1. The maximum atomic E-state index is 10.1. The third-order valence-corrected chi connectivity index (χ3v) is 2.30. The molecule has 2 N–H and O–H groups in total. The highest BCUT2D eigenvalue weighted by Gasteiger charge is 2.11. The van der Waals surface area contributed by atoms with E-state index in [9.17, 15) is 4.79 Å². The molecule has 0 aliphatic carbocycles. The number of hydrogen-bond acceptors (Lipinski definition) is 2. The van der Waals surface area contributed by atoms with E-state index in [4.69, 9.17) is 5.11 Å². The number of carbonyl (C=O) groups is 1. The zero-order valence-electron chi connectivity index (χ0n) is 6.77. The smallest absolute Gasteiger partial charge is 0.304 e. The average molecular weight is 161 g/mol. The van der Waals surface area contributed by atoms with Gasteiger partial charge in [-0.3, -0.25) is 4.79 Å². The summed E-state index contributed by atoms with van der Waals surface area (Å²) in [5.74, 6) is -0.731. The monoisotopic (exact) mass is 161 g/mol. The lowest BCUT2D eigenvalue weighted by Crippen LogP contribution is -2.42. The first kappa shape index (κ1) is 9.65. The van der Waals surface area contributed by atoms with Gasteiger partial charge < -0.3 is 10.1 Å². The zero-order valence-corrected chi connectivity index (χ0v) is 7.77. The Labute approximate surface area is 62.5 Å². The molecular formula is C6H15NO2Si. The minimum atomic E-state index is -1.24. The Morgan fingerprint density at radius 3 is 2.30 bits per heavy atom. The number of carboxylic acids is 1. The van der Waals surface area contributed by atoms with Crippen LogP contribution in [0.1, 0.15) is 6.42 Å². The van der Waals surface area contributed by atoms with E-state index in [-0.39, 0.29) is 6.42 Å². The van der Waals surface area contributed by atoms with Gasteiger partial charge in [0.1, 0.15) is 8.24 Å². The van der Waals surface area contributed by atoms with Crippen LogP contribution < -0.4 is 4.98 Å². The second-order valence-electron chi connectivity index (χ2n) is 3.32. The van der Waals surface area contributed by atoms with Gasteiger partial charge >= 0.3 is 5.97 Å². The second kappa shape index (κ2) is 3.73. The summed E-state index contributed by atoms with van der Waals surface area (Å²) in [6.45, 7) is 7.05. The van der Waals surface area contributed by atoms with Gasteiger partial charge in [0.25, 0.3) is 0 Å². The van der Waals surface area contributed by atoms with Crippen molar-refractivity contribution in [1.82, 2.24) is 4.98 Å². The Kier molecular flexibility index (Phi) is 3.60. The summed E-state index contributed by atoms with van der Waals surface area (Å²) in [7, 11) is -1.24. The van der Waals surface area contributed by atoms with E-state index in [2.05, 4.69) is 24.6 Å². The first-order chi connectivity index (χ1) is 4.42. The van der Waals surface area contributed by atoms with Crippen LogP contribution in [0.15, 0.2) is 0 Å². The van der Waals surface area contributed by atoms with Gasteiger partial charge in [0, 0.05) is 0 Å². The SMILES string of the molecule is C[Si](C)(C)NCCC(=O)O. The molecule has 0 aliphatic heterocycles. The minimum absolute atomic E-state index is 0.226. The fraction of sp³-hybridized carbons (Fsp3) is 0.833. The maximum Gasteiger partial charge on any atom is 0.304 e. The molecule has 0 fully saturated rings. The molecule has 0 spiro atoms. The van der Waals surface area contributed by atoms with Crippen LogP contribution in [0.5, 0.6) is 0 Å². The fourth-order valence-electron chi connectivity index (χ4n) is 0.544. The Bertz CT molecular complexity index is 119. The highest BCUT2D eigenvalue weighted by Crippen LogP contribution is 1.93. The van der Waals surface area contributed by atoms with Gasteiger partial charge in [0.05, 0.1) is 6.42 Å². The van der Waals surface area contributed by atoms with E-state index in [0.717, 1.165) is 0 Å². The summed E-state index contributed by atoms with van der Waals surface area (Å²) in [5.41, 5.74) is 0. The van der Waals surface area contributed by atoms with Crippen LogP contribution in [-0.2, 0) is 4.79 Å². The lowest BCUT2D eigenvalue weighted by Gasteiger charge is -2.16. The molecule has 0 amide bonds. The lowest BCUT2D eigenvalue weighted by atomic mass is 10.5. The van der Waals surface area contributed by atoms with Gasteiger partial charge in [0.2, 0.25) is 0 Å². The van der Waals surface area contributed by atoms with Crippen LogP contribution >= 0.6 is 0 Å². The maximum absolute atomic E-state index is 10.1. The predicted octanol–water partition coefficient (Wildman–Crippen LogP) is 0.886. The van der Waals surface area contributed by atoms with E-state index in [1.807, 2.05) is 0 Å². The van der Waals surface area contributed by atoms with Crippen molar-refractivity contribution in [3.63, 3.8) is 0 Å². The van der Waals surface area contributed by atoms with Crippen molar-refractivity contribution < 1.29 is 9.90 Å². The molecule has 60 valence electrons. The Morgan fingerprint density at radius 2 is 2.00 bits per heavy atom. The largest absolute Gasteiger partial charge is 0.481 e. The van der Waals surface area contributed by atoms with Gasteiger partial charge in [-0.05, 0) is 6.54 Å². The molecule has 0 bridgehead atoms. The van der Waals surface area contributed by atoms with Gasteiger partial charge in [-0.2, -0.15) is 0 Å². The normalized spacial score (nSPS) is 11.5. The molecule has 0 saturated heterocycles. The van der Waals surface area contributed by atoms with E-state index < -0.39 is 14.2 Å². The molecule has 0 radical (unpaired) electrons. The molecular weight excluding hydrogens is 146 g/mol.